The fraction of sp³-hybridized carbons (Fsp3) is 0.375. The first-order valence-corrected chi connectivity index (χ1v) is 14.1. The van der Waals surface area contributed by atoms with Gasteiger partial charge in [0, 0.05) is 5.56 Å². The van der Waals surface area contributed by atoms with Gasteiger partial charge in [-0.05, 0) is 80.3 Å². The summed E-state index contributed by atoms with van der Waals surface area (Å²) in [6, 6.07) is 14.5. The normalized spacial score (nSPS) is 17.6. The van der Waals surface area contributed by atoms with E-state index in [4.69, 9.17) is 9.47 Å². The summed E-state index contributed by atoms with van der Waals surface area (Å²) in [7, 11) is 0. The SMILES string of the molecule is CCCc1cc(C(O)(C(F)(F)F)C(F)(F)F)ccc1Oc1ccc(CN2C(=O)NC(C)(c3ccc(OC(C)C)cc3)C2=O)cc1. The van der Waals surface area contributed by atoms with Crippen LogP contribution < -0.4 is 14.8 Å². The van der Waals surface area contributed by atoms with Crippen LogP contribution in [0, 0.1) is 0 Å². The molecular formula is C32H32F6N2O5. The number of nitrogens with one attached hydrogen (secondary N) is 1. The first-order chi connectivity index (χ1) is 20.9. The predicted molar refractivity (Wildman–Crippen MR) is 152 cm³/mol. The molecule has 0 saturated carbocycles. The second-order valence-electron chi connectivity index (χ2n) is 11.2. The van der Waals surface area contributed by atoms with E-state index < -0.39 is 41.0 Å². The fourth-order valence-electron chi connectivity index (χ4n) is 5.00. The number of imide groups is 1. The zero-order valence-electron chi connectivity index (χ0n) is 24.8. The number of rotatable bonds is 10. The van der Waals surface area contributed by atoms with Crippen molar-refractivity contribution in [2.75, 3.05) is 0 Å². The minimum Gasteiger partial charge on any atom is -0.491 e. The Morgan fingerprint density at radius 2 is 1.47 bits per heavy atom. The average Bonchev–Trinajstić information content (AvgIpc) is 3.17. The Morgan fingerprint density at radius 3 is 2.00 bits per heavy atom. The lowest BCUT2D eigenvalue weighted by Gasteiger charge is -2.33. The number of alkyl halides is 6. The monoisotopic (exact) mass is 638 g/mol. The molecule has 7 nitrogen and oxygen atoms in total. The van der Waals surface area contributed by atoms with Gasteiger partial charge in [0.2, 0.25) is 0 Å². The van der Waals surface area contributed by atoms with E-state index in [0.717, 1.165) is 11.0 Å². The van der Waals surface area contributed by atoms with Crippen molar-refractivity contribution < 1.29 is 50.5 Å². The van der Waals surface area contributed by atoms with Crippen LogP contribution in [0.2, 0.25) is 0 Å². The summed E-state index contributed by atoms with van der Waals surface area (Å²) in [5.74, 6) is 0.369. The van der Waals surface area contributed by atoms with Crippen LogP contribution in [0.25, 0.3) is 0 Å². The molecule has 0 bridgehead atoms. The van der Waals surface area contributed by atoms with Crippen molar-refractivity contribution >= 4 is 11.9 Å². The van der Waals surface area contributed by atoms with E-state index in [2.05, 4.69) is 5.32 Å². The van der Waals surface area contributed by atoms with E-state index in [0.29, 0.717) is 35.4 Å². The number of halogens is 6. The molecule has 4 rings (SSSR count). The number of aryl methyl sites for hydroxylation is 1. The quantitative estimate of drug-likeness (QED) is 0.177. The molecule has 1 aliphatic heterocycles. The Morgan fingerprint density at radius 1 is 0.889 bits per heavy atom. The highest BCUT2D eigenvalue weighted by atomic mass is 19.4. The lowest BCUT2D eigenvalue weighted by Crippen LogP contribution is -2.53. The maximum atomic E-state index is 13.4. The van der Waals surface area contributed by atoms with Crippen LogP contribution in [0.3, 0.4) is 0 Å². The van der Waals surface area contributed by atoms with Crippen molar-refractivity contribution in [3.63, 3.8) is 0 Å². The minimum atomic E-state index is -6.01. The number of hydrogen-bond acceptors (Lipinski definition) is 5. The molecular weight excluding hydrogens is 606 g/mol. The summed E-state index contributed by atoms with van der Waals surface area (Å²) in [5, 5.41) is 12.5. The smallest absolute Gasteiger partial charge is 0.430 e. The minimum absolute atomic E-state index is 0.00901. The third-order valence-corrected chi connectivity index (χ3v) is 7.39. The number of benzene rings is 3. The Balaban J connectivity index is 1.51. The van der Waals surface area contributed by atoms with Crippen LogP contribution in [0.15, 0.2) is 66.7 Å². The van der Waals surface area contributed by atoms with Crippen molar-refractivity contribution in [2.45, 2.75) is 76.7 Å². The molecule has 1 heterocycles. The highest BCUT2D eigenvalue weighted by Gasteiger charge is 2.71. The molecule has 0 spiro atoms. The van der Waals surface area contributed by atoms with E-state index in [1.54, 1.807) is 50.2 Å². The number of hydrogen-bond donors (Lipinski definition) is 2. The van der Waals surface area contributed by atoms with Gasteiger partial charge in [0.25, 0.3) is 11.5 Å². The van der Waals surface area contributed by atoms with Gasteiger partial charge in [-0.2, -0.15) is 26.3 Å². The van der Waals surface area contributed by atoms with Gasteiger partial charge in [0.1, 0.15) is 22.8 Å². The van der Waals surface area contributed by atoms with Gasteiger partial charge in [0.05, 0.1) is 12.6 Å². The van der Waals surface area contributed by atoms with Gasteiger partial charge < -0.3 is 19.9 Å². The Hall–Kier alpha value is -4.26. The average molecular weight is 639 g/mol. The summed E-state index contributed by atoms with van der Waals surface area (Å²) in [6.45, 7) is 6.99. The van der Waals surface area contributed by atoms with Gasteiger partial charge in [-0.15, -0.1) is 0 Å². The lowest BCUT2D eigenvalue weighted by molar-refractivity contribution is -0.376. The highest BCUT2D eigenvalue weighted by Crippen LogP contribution is 2.50. The van der Waals surface area contributed by atoms with E-state index in [9.17, 15) is 41.0 Å². The molecule has 3 amide bonds. The molecule has 1 atom stereocenters. The number of nitrogens with zero attached hydrogens (tertiary/aromatic N) is 1. The third-order valence-electron chi connectivity index (χ3n) is 7.39. The Kier molecular flexibility index (Phi) is 9.16. The fourth-order valence-corrected chi connectivity index (χ4v) is 5.00. The van der Waals surface area contributed by atoms with Crippen molar-refractivity contribution in [3.05, 3.63) is 89.0 Å². The number of carbonyl (C=O) groups is 2. The standard InChI is InChI=1S/C32H32F6N2O5/c1-5-6-21-17-23(30(43,31(33,34)35)32(36,37)38)11-16-26(21)45-25-12-7-20(8-13-25)18-40-27(41)29(4,39-28(40)42)22-9-14-24(15-10-22)44-19(2)3/h7-17,19,43H,5-6,18H2,1-4H3,(H,39,42). The van der Waals surface area contributed by atoms with Gasteiger partial charge in [-0.3, -0.25) is 9.69 Å². The van der Waals surface area contributed by atoms with Crippen LogP contribution >= 0.6 is 0 Å². The van der Waals surface area contributed by atoms with Crippen LogP contribution in [-0.4, -0.2) is 40.4 Å². The topological polar surface area (TPSA) is 88.1 Å². The molecule has 3 aromatic rings. The molecule has 0 aliphatic carbocycles. The van der Waals surface area contributed by atoms with Gasteiger partial charge in [-0.25, -0.2) is 4.79 Å². The maximum Gasteiger partial charge on any atom is 0.430 e. The molecule has 3 aromatic carbocycles. The van der Waals surface area contributed by atoms with E-state index in [-0.39, 0.29) is 36.1 Å². The number of carbonyl (C=O) groups excluding carboxylic acids is 2. The van der Waals surface area contributed by atoms with Crippen molar-refractivity contribution in [1.82, 2.24) is 10.2 Å². The van der Waals surface area contributed by atoms with Gasteiger partial charge in [0.15, 0.2) is 0 Å². The third kappa shape index (κ3) is 6.58. The summed E-state index contributed by atoms with van der Waals surface area (Å²) in [4.78, 5) is 27.2. The zero-order chi connectivity index (χ0) is 33.4. The molecule has 1 fully saturated rings. The molecule has 0 aromatic heterocycles. The van der Waals surface area contributed by atoms with Crippen LogP contribution in [0.5, 0.6) is 17.2 Å². The van der Waals surface area contributed by atoms with Gasteiger partial charge in [-0.1, -0.05) is 43.7 Å². The lowest BCUT2D eigenvalue weighted by atomic mass is 9.90. The largest absolute Gasteiger partial charge is 0.491 e. The molecule has 0 radical (unpaired) electrons. The van der Waals surface area contributed by atoms with Crippen LogP contribution in [0.1, 0.15) is 56.4 Å². The Bertz CT molecular complexity index is 1520. The predicted octanol–water partition coefficient (Wildman–Crippen LogP) is 7.50. The first-order valence-electron chi connectivity index (χ1n) is 14.1. The van der Waals surface area contributed by atoms with Crippen molar-refractivity contribution in [2.24, 2.45) is 0 Å². The first kappa shape index (κ1) is 33.6. The summed E-state index contributed by atoms with van der Waals surface area (Å²) >= 11 is 0. The van der Waals surface area contributed by atoms with Crippen LogP contribution in [-0.2, 0) is 28.9 Å². The summed E-state index contributed by atoms with van der Waals surface area (Å²) in [6.07, 6.45) is -11.6. The number of ether oxygens (including phenoxy) is 2. The number of aliphatic hydroxyl groups is 1. The second kappa shape index (κ2) is 12.3. The Labute approximate surface area is 255 Å². The molecule has 1 aliphatic rings. The van der Waals surface area contributed by atoms with E-state index in [1.807, 2.05) is 13.8 Å². The summed E-state index contributed by atoms with van der Waals surface area (Å²) in [5.41, 5.74) is -6.56. The maximum absolute atomic E-state index is 13.4. The highest BCUT2D eigenvalue weighted by molar-refractivity contribution is 6.07. The molecule has 1 saturated heterocycles. The van der Waals surface area contributed by atoms with E-state index in [1.165, 1.54) is 12.1 Å². The second-order valence-corrected chi connectivity index (χ2v) is 11.2. The number of amides is 3. The molecule has 242 valence electrons. The summed E-state index contributed by atoms with van der Waals surface area (Å²) < 4.78 is 91.9. The molecule has 2 N–H and O–H groups in total. The molecule has 45 heavy (non-hydrogen) atoms. The van der Waals surface area contributed by atoms with Crippen molar-refractivity contribution in [1.29, 1.82) is 0 Å². The van der Waals surface area contributed by atoms with Crippen molar-refractivity contribution in [3.8, 4) is 17.2 Å². The van der Waals surface area contributed by atoms with Gasteiger partial charge >= 0.3 is 18.4 Å². The van der Waals surface area contributed by atoms with Crippen LogP contribution in [0.4, 0.5) is 31.1 Å². The molecule has 13 heteroatoms. The van der Waals surface area contributed by atoms with E-state index >= 15 is 0 Å². The molecule has 1 unspecified atom stereocenters. The number of urea groups is 1. The zero-order valence-corrected chi connectivity index (χ0v) is 24.8.